The zero-order valence-electron chi connectivity index (χ0n) is 14.1. The molecule has 134 valence electrons. The third-order valence-corrected chi connectivity index (χ3v) is 6.22. The van der Waals surface area contributed by atoms with E-state index in [0.29, 0.717) is 18.7 Å². The highest BCUT2D eigenvalue weighted by Crippen LogP contribution is 2.22. The first kappa shape index (κ1) is 17.6. The van der Waals surface area contributed by atoms with Gasteiger partial charge in [-0.2, -0.15) is 5.10 Å². The number of benzene rings is 1. The van der Waals surface area contributed by atoms with Crippen molar-refractivity contribution in [2.45, 2.75) is 31.8 Å². The van der Waals surface area contributed by atoms with Crippen molar-refractivity contribution in [1.82, 2.24) is 9.91 Å². The molecule has 0 bridgehead atoms. The number of sulfone groups is 1. The molecule has 0 radical (unpaired) electrons. The van der Waals surface area contributed by atoms with Crippen molar-refractivity contribution in [3.05, 3.63) is 35.9 Å². The van der Waals surface area contributed by atoms with Gasteiger partial charge >= 0.3 is 0 Å². The number of hydrogen-bond donors (Lipinski definition) is 0. The monoisotopic (exact) mass is 363 g/mol. The van der Waals surface area contributed by atoms with Gasteiger partial charge in [0, 0.05) is 26.4 Å². The van der Waals surface area contributed by atoms with Crippen molar-refractivity contribution in [3.63, 3.8) is 0 Å². The van der Waals surface area contributed by atoms with Gasteiger partial charge in [0.15, 0.2) is 9.84 Å². The van der Waals surface area contributed by atoms with Gasteiger partial charge in [0.25, 0.3) is 5.91 Å². The number of amides is 2. The lowest BCUT2D eigenvalue weighted by molar-refractivity contribution is -0.134. The third kappa shape index (κ3) is 4.07. The number of hydrazone groups is 1. The molecule has 8 heteroatoms. The van der Waals surface area contributed by atoms with Gasteiger partial charge in [-0.05, 0) is 12.0 Å². The molecule has 3 rings (SSSR count). The maximum absolute atomic E-state index is 12.6. The molecule has 0 N–H and O–H groups in total. The predicted molar refractivity (Wildman–Crippen MR) is 93.5 cm³/mol. The normalized spacial score (nSPS) is 22.6. The highest BCUT2D eigenvalue weighted by atomic mass is 32.2. The van der Waals surface area contributed by atoms with E-state index in [4.69, 9.17) is 0 Å². The zero-order valence-corrected chi connectivity index (χ0v) is 14.9. The van der Waals surface area contributed by atoms with Gasteiger partial charge in [0.2, 0.25) is 5.91 Å². The Labute approximate surface area is 147 Å². The second-order valence-corrected chi connectivity index (χ2v) is 8.72. The molecule has 2 amide bonds. The first-order valence-electron chi connectivity index (χ1n) is 8.25. The molecular weight excluding hydrogens is 342 g/mol. The van der Waals surface area contributed by atoms with Gasteiger partial charge in [0.05, 0.1) is 17.5 Å². The minimum absolute atomic E-state index is 0.0636. The zero-order chi connectivity index (χ0) is 18.0. The number of nitrogens with zero attached hydrogens (tertiary/aromatic N) is 3. The van der Waals surface area contributed by atoms with Crippen LogP contribution in [0.15, 0.2) is 35.4 Å². The van der Waals surface area contributed by atoms with Crippen LogP contribution in [0.4, 0.5) is 0 Å². The topological polar surface area (TPSA) is 87.1 Å². The maximum atomic E-state index is 12.6. The van der Waals surface area contributed by atoms with Gasteiger partial charge in [0.1, 0.15) is 5.71 Å². The van der Waals surface area contributed by atoms with Crippen LogP contribution in [0.1, 0.15) is 24.8 Å². The number of carbonyl (C=O) groups is 2. The molecule has 25 heavy (non-hydrogen) atoms. The standard InChI is InChI=1S/C17H21N3O4S/c1-19(11-13-5-3-2-4-6-13)17(22)15-7-8-16(21)20(18-15)14-9-10-25(23,24)12-14/h2-6,14H,7-12H2,1H3/t14-/m1/s1. The highest BCUT2D eigenvalue weighted by molar-refractivity contribution is 7.91. The Kier molecular flexibility index (Phi) is 4.89. The molecular formula is C17H21N3O4S. The Morgan fingerprint density at radius 2 is 2.00 bits per heavy atom. The average molecular weight is 363 g/mol. The second kappa shape index (κ2) is 6.95. The number of hydrogen-bond acceptors (Lipinski definition) is 5. The third-order valence-electron chi connectivity index (χ3n) is 4.47. The molecule has 0 aliphatic carbocycles. The van der Waals surface area contributed by atoms with Crippen molar-refractivity contribution in [2.75, 3.05) is 18.6 Å². The van der Waals surface area contributed by atoms with Crippen LogP contribution >= 0.6 is 0 Å². The SMILES string of the molecule is CN(Cc1ccccc1)C(=O)C1=NN([C@@H]2CCS(=O)(=O)C2)C(=O)CC1. The smallest absolute Gasteiger partial charge is 0.270 e. The Morgan fingerprint density at radius 1 is 1.28 bits per heavy atom. The Balaban J connectivity index is 1.73. The summed E-state index contributed by atoms with van der Waals surface area (Å²) in [7, 11) is -1.43. The molecule has 0 unspecified atom stereocenters. The van der Waals surface area contributed by atoms with Gasteiger partial charge in [-0.25, -0.2) is 13.4 Å². The van der Waals surface area contributed by atoms with E-state index in [1.165, 1.54) is 5.01 Å². The molecule has 1 atom stereocenters. The summed E-state index contributed by atoms with van der Waals surface area (Å²) < 4.78 is 23.3. The molecule has 0 aromatic heterocycles. The molecule has 0 spiro atoms. The first-order valence-corrected chi connectivity index (χ1v) is 10.1. The number of rotatable bonds is 4. The van der Waals surface area contributed by atoms with Crippen molar-refractivity contribution >= 4 is 27.4 Å². The van der Waals surface area contributed by atoms with Gasteiger partial charge in [-0.15, -0.1) is 0 Å². The van der Waals surface area contributed by atoms with Crippen molar-refractivity contribution in [3.8, 4) is 0 Å². The molecule has 1 aromatic carbocycles. The van der Waals surface area contributed by atoms with Crippen LogP contribution in [-0.2, 0) is 26.0 Å². The fraction of sp³-hybridized carbons (Fsp3) is 0.471. The Bertz CT molecular complexity index is 804. The van der Waals surface area contributed by atoms with Crippen LogP contribution in [0.5, 0.6) is 0 Å². The second-order valence-electron chi connectivity index (χ2n) is 6.49. The van der Waals surface area contributed by atoms with E-state index >= 15 is 0 Å². The fourth-order valence-corrected chi connectivity index (χ4v) is 4.82. The summed E-state index contributed by atoms with van der Waals surface area (Å²) in [6.45, 7) is 0.449. The summed E-state index contributed by atoms with van der Waals surface area (Å²) in [6.07, 6.45) is 0.839. The lowest BCUT2D eigenvalue weighted by atomic mass is 10.1. The Morgan fingerprint density at radius 3 is 2.64 bits per heavy atom. The highest BCUT2D eigenvalue weighted by Gasteiger charge is 2.37. The lowest BCUT2D eigenvalue weighted by Crippen LogP contribution is -2.44. The van der Waals surface area contributed by atoms with E-state index in [1.807, 2.05) is 30.3 Å². The minimum atomic E-state index is -3.12. The van der Waals surface area contributed by atoms with Crippen molar-refractivity contribution < 1.29 is 18.0 Å². The van der Waals surface area contributed by atoms with E-state index in [0.717, 1.165) is 5.56 Å². The van der Waals surface area contributed by atoms with Crippen LogP contribution in [0, 0.1) is 0 Å². The van der Waals surface area contributed by atoms with Crippen LogP contribution < -0.4 is 0 Å². The lowest BCUT2D eigenvalue weighted by Gasteiger charge is -2.29. The number of carbonyl (C=O) groups excluding carboxylic acids is 2. The quantitative estimate of drug-likeness (QED) is 0.792. The summed E-state index contributed by atoms with van der Waals surface area (Å²) in [5.74, 6) is -0.468. The molecule has 1 aromatic rings. The molecule has 2 heterocycles. The Hall–Kier alpha value is -2.22. The molecule has 0 saturated carbocycles. The van der Waals surface area contributed by atoms with E-state index < -0.39 is 15.9 Å². The summed E-state index contributed by atoms with van der Waals surface area (Å²) in [6, 6.07) is 9.15. The van der Waals surface area contributed by atoms with Crippen LogP contribution in [0.25, 0.3) is 0 Å². The van der Waals surface area contributed by atoms with Gasteiger partial charge < -0.3 is 4.90 Å². The van der Waals surface area contributed by atoms with E-state index in [-0.39, 0.29) is 36.2 Å². The van der Waals surface area contributed by atoms with Crippen molar-refractivity contribution in [1.29, 1.82) is 0 Å². The first-order chi connectivity index (χ1) is 11.9. The molecule has 1 fully saturated rings. The molecule has 2 aliphatic rings. The summed E-state index contributed by atoms with van der Waals surface area (Å²) in [5, 5.41) is 5.44. The van der Waals surface area contributed by atoms with E-state index in [1.54, 1.807) is 11.9 Å². The predicted octanol–water partition coefficient (Wildman–Crippen LogP) is 0.810. The summed E-state index contributed by atoms with van der Waals surface area (Å²) in [4.78, 5) is 26.3. The van der Waals surface area contributed by atoms with E-state index in [9.17, 15) is 18.0 Å². The summed E-state index contributed by atoms with van der Waals surface area (Å²) in [5.41, 5.74) is 1.31. The van der Waals surface area contributed by atoms with E-state index in [2.05, 4.69) is 5.10 Å². The molecule has 7 nitrogen and oxygen atoms in total. The minimum Gasteiger partial charge on any atom is -0.336 e. The maximum Gasteiger partial charge on any atom is 0.270 e. The molecule has 1 saturated heterocycles. The van der Waals surface area contributed by atoms with Gasteiger partial charge in [-0.1, -0.05) is 30.3 Å². The van der Waals surface area contributed by atoms with Crippen LogP contribution in [0.2, 0.25) is 0 Å². The van der Waals surface area contributed by atoms with Gasteiger partial charge in [-0.3, -0.25) is 9.59 Å². The molecule has 2 aliphatic heterocycles. The summed E-state index contributed by atoms with van der Waals surface area (Å²) >= 11 is 0. The van der Waals surface area contributed by atoms with Crippen LogP contribution in [0.3, 0.4) is 0 Å². The fourth-order valence-electron chi connectivity index (χ4n) is 3.13. The average Bonchev–Trinajstić information content (AvgIpc) is 2.95. The largest absolute Gasteiger partial charge is 0.336 e. The van der Waals surface area contributed by atoms with Crippen LogP contribution in [-0.4, -0.2) is 60.4 Å². The van der Waals surface area contributed by atoms with Crippen molar-refractivity contribution in [2.24, 2.45) is 5.10 Å².